The minimum atomic E-state index is 0.416. The van der Waals surface area contributed by atoms with Crippen LogP contribution in [-0.2, 0) is 0 Å². The van der Waals surface area contributed by atoms with Gasteiger partial charge in [0.2, 0.25) is 0 Å². The Morgan fingerprint density at radius 1 is 1.05 bits per heavy atom. The van der Waals surface area contributed by atoms with E-state index in [4.69, 9.17) is 0 Å². The molecule has 2 rings (SSSR count). The van der Waals surface area contributed by atoms with Crippen LogP contribution in [0.4, 0.5) is 0 Å². The minimum Gasteiger partial charge on any atom is -0.312 e. The number of nitrogens with one attached hydrogen (secondary N) is 1. The monoisotopic (exact) mass is 280 g/mol. The zero-order valence-electron chi connectivity index (χ0n) is 14.3. The largest absolute Gasteiger partial charge is 0.312 e. The molecule has 0 aliphatic heterocycles. The van der Waals surface area contributed by atoms with E-state index in [0.717, 1.165) is 18.4 Å². The van der Waals surface area contributed by atoms with Gasteiger partial charge in [0.25, 0.3) is 0 Å². The van der Waals surface area contributed by atoms with Crippen molar-refractivity contribution in [3.8, 4) is 0 Å². The molecule has 0 saturated heterocycles. The molecule has 2 heteroatoms. The van der Waals surface area contributed by atoms with Gasteiger partial charge in [-0.25, -0.2) is 0 Å². The lowest BCUT2D eigenvalue weighted by atomic mass is 9.67. The Bertz CT molecular complexity index is 273. The number of nitrogens with zero attached hydrogens (tertiary/aromatic N) is 1. The first-order valence-corrected chi connectivity index (χ1v) is 9.01. The molecule has 0 radical (unpaired) electrons. The third-order valence-electron chi connectivity index (χ3n) is 6.14. The molecule has 0 spiro atoms. The van der Waals surface area contributed by atoms with E-state index in [9.17, 15) is 0 Å². The van der Waals surface area contributed by atoms with Crippen molar-refractivity contribution in [2.24, 2.45) is 11.8 Å². The third-order valence-corrected chi connectivity index (χ3v) is 6.14. The average Bonchev–Trinajstić information content (AvgIpc) is 2.46. The number of hydrogen-bond donors (Lipinski definition) is 1. The molecule has 2 nitrogen and oxygen atoms in total. The predicted molar refractivity (Wildman–Crippen MR) is 88.1 cm³/mol. The first-order chi connectivity index (χ1) is 9.60. The Kier molecular flexibility index (Phi) is 5.92. The van der Waals surface area contributed by atoms with Gasteiger partial charge in [0.1, 0.15) is 0 Å². The van der Waals surface area contributed by atoms with Crippen LogP contribution in [-0.4, -0.2) is 37.1 Å². The standard InChI is InChI=1S/C18H36N2/c1-5-19-17(16-11-9-15(2)10-12-16)18(20(3)4)13-7-6-8-14-18/h15-17,19H,5-14H2,1-4H3. The lowest BCUT2D eigenvalue weighted by Crippen LogP contribution is -2.63. The second-order valence-corrected chi connectivity index (χ2v) is 7.61. The molecule has 1 atom stereocenters. The molecule has 0 aromatic rings. The Balaban J connectivity index is 2.15. The number of hydrogen-bond acceptors (Lipinski definition) is 2. The fraction of sp³-hybridized carbons (Fsp3) is 1.00. The van der Waals surface area contributed by atoms with Crippen LogP contribution in [0.5, 0.6) is 0 Å². The molecule has 0 heterocycles. The van der Waals surface area contributed by atoms with Crippen molar-refractivity contribution in [1.29, 1.82) is 0 Å². The van der Waals surface area contributed by atoms with Gasteiger partial charge >= 0.3 is 0 Å². The summed E-state index contributed by atoms with van der Waals surface area (Å²) in [7, 11) is 4.64. The van der Waals surface area contributed by atoms with Gasteiger partial charge in [0.05, 0.1) is 0 Å². The van der Waals surface area contributed by atoms with Gasteiger partial charge in [0.15, 0.2) is 0 Å². The van der Waals surface area contributed by atoms with E-state index in [0.29, 0.717) is 11.6 Å². The molecule has 20 heavy (non-hydrogen) atoms. The fourth-order valence-corrected chi connectivity index (χ4v) is 4.83. The molecule has 1 N–H and O–H groups in total. The first-order valence-electron chi connectivity index (χ1n) is 9.01. The van der Waals surface area contributed by atoms with Gasteiger partial charge < -0.3 is 10.2 Å². The third kappa shape index (κ3) is 3.39. The minimum absolute atomic E-state index is 0.416. The maximum absolute atomic E-state index is 3.92. The quantitative estimate of drug-likeness (QED) is 0.817. The van der Waals surface area contributed by atoms with Crippen LogP contribution in [0.15, 0.2) is 0 Å². The van der Waals surface area contributed by atoms with Gasteiger partial charge in [-0.3, -0.25) is 0 Å². The highest BCUT2D eigenvalue weighted by atomic mass is 15.2. The summed E-state index contributed by atoms with van der Waals surface area (Å²) < 4.78 is 0. The molecule has 2 saturated carbocycles. The van der Waals surface area contributed by atoms with Gasteiger partial charge in [0, 0.05) is 11.6 Å². The Morgan fingerprint density at radius 2 is 1.65 bits per heavy atom. The molecule has 0 aromatic heterocycles. The van der Waals surface area contributed by atoms with Crippen LogP contribution in [0.3, 0.4) is 0 Å². The van der Waals surface area contributed by atoms with Gasteiger partial charge in [-0.05, 0) is 58.2 Å². The summed E-state index contributed by atoms with van der Waals surface area (Å²) in [6.45, 7) is 5.83. The van der Waals surface area contributed by atoms with Gasteiger partial charge in [-0.2, -0.15) is 0 Å². The topological polar surface area (TPSA) is 15.3 Å². The smallest absolute Gasteiger partial charge is 0.0359 e. The number of rotatable bonds is 5. The molecule has 118 valence electrons. The molecule has 0 bridgehead atoms. The van der Waals surface area contributed by atoms with E-state index in [1.54, 1.807) is 0 Å². The zero-order chi connectivity index (χ0) is 14.6. The molecule has 2 fully saturated rings. The van der Waals surface area contributed by atoms with Crippen LogP contribution < -0.4 is 5.32 Å². The summed E-state index contributed by atoms with van der Waals surface area (Å²) in [6.07, 6.45) is 12.8. The molecule has 1 unspecified atom stereocenters. The van der Waals surface area contributed by atoms with Crippen LogP contribution in [0, 0.1) is 11.8 Å². The molecule has 0 amide bonds. The highest BCUT2D eigenvalue weighted by molar-refractivity contribution is 5.03. The van der Waals surface area contributed by atoms with Crippen molar-refractivity contribution in [3.63, 3.8) is 0 Å². The van der Waals surface area contributed by atoms with Crippen LogP contribution in [0.1, 0.15) is 71.6 Å². The zero-order valence-corrected chi connectivity index (χ0v) is 14.3. The van der Waals surface area contributed by atoms with E-state index in [2.05, 4.69) is 38.2 Å². The first kappa shape index (κ1) is 16.3. The lowest BCUT2D eigenvalue weighted by Gasteiger charge is -2.52. The van der Waals surface area contributed by atoms with E-state index in [-0.39, 0.29) is 0 Å². The van der Waals surface area contributed by atoms with E-state index in [1.807, 2.05) is 0 Å². The van der Waals surface area contributed by atoms with Gasteiger partial charge in [-0.15, -0.1) is 0 Å². The summed E-state index contributed by atoms with van der Waals surface area (Å²) >= 11 is 0. The van der Waals surface area contributed by atoms with Crippen molar-refractivity contribution >= 4 is 0 Å². The highest BCUT2D eigenvalue weighted by Crippen LogP contribution is 2.42. The Morgan fingerprint density at radius 3 is 2.15 bits per heavy atom. The van der Waals surface area contributed by atoms with Crippen molar-refractivity contribution in [1.82, 2.24) is 10.2 Å². The summed E-state index contributed by atoms with van der Waals surface area (Å²) in [5.41, 5.74) is 0.416. The van der Waals surface area contributed by atoms with Crippen LogP contribution >= 0.6 is 0 Å². The molecular weight excluding hydrogens is 244 g/mol. The van der Waals surface area contributed by atoms with Crippen molar-refractivity contribution in [2.75, 3.05) is 20.6 Å². The average molecular weight is 280 g/mol. The second-order valence-electron chi connectivity index (χ2n) is 7.61. The maximum atomic E-state index is 3.92. The van der Waals surface area contributed by atoms with Crippen molar-refractivity contribution < 1.29 is 0 Å². The van der Waals surface area contributed by atoms with Gasteiger partial charge in [-0.1, -0.05) is 46.0 Å². The van der Waals surface area contributed by atoms with E-state index < -0.39 is 0 Å². The summed E-state index contributed by atoms with van der Waals surface area (Å²) in [5.74, 6) is 1.85. The van der Waals surface area contributed by atoms with Crippen LogP contribution in [0.2, 0.25) is 0 Å². The molecular formula is C18H36N2. The summed E-state index contributed by atoms with van der Waals surface area (Å²) in [5, 5.41) is 3.92. The SMILES string of the molecule is CCNC(C1CCC(C)CC1)C1(N(C)C)CCCCC1. The Labute approximate surface area is 126 Å². The second kappa shape index (κ2) is 7.26. The molecule has 0 aromatic carbocycles. The maximum Gasteiger partial charge on any atom is 0.0359 e. The number of likely N-dealkylation sites (N-methyl/N-ethyl adjacent to an activating group) is 2. The van der Waals surface area contributed by atoms with Crippen molar-refractivity contribution in [2.45, 2.75) is 83.2 Å². The molecule has 2 aliphatic carbocycles. The van der Waals surface area contributed by atoms with E-state index >= 15 is 0 Å². The lowest BCUT2D eigenvalue weighted by molar-refractivity contribution is 0.0213. The summed E-state index contributed by atoms with van der Waals surface area (Å²) in [4.78, 5) is 2.57. The van der Waals surface area contributed by atoms with Crippen LogP contribution in [0.25, 0.3) is 0 Å². The van der Waals surface area contributed by atoms with Crippen molar-refractivity contribution in [3.05, 3.63) is 0 Å². The normalized spacial score (nSPS) is 32.2. The van der Waals surface area contributed by atoms with E-state index in [1.165, 1.54) is 57.8 Å². The molecule has 2 aliphatic rings. The summed E-state index contributed by atoms with van der Waals surface area (Å²) in [6, 6.07) is 0.704. The Hall–Kier alpha value is -0.0800. The fourth-order valence-electron chi connectivity index (χ4n) is 4.83. The highest BCUT2D eigenvalue weighted by Gasteiger charge is 2.45. The predicted octanol–water partition coefficient (Wildman–Crippen LogP) is 4.06.